The number of hydrogen-bond acceptors (Lipinski definition) is 3. The first-order chi connectivity index (χ1) is 10.2. The lowest BCUT2D eigenvalue weighted by atomic mass is 9.93. The molecule has 0 saturated heterocycles. The van der Waals surface area contributed by atoms with Gasteiger partial charge in [-0.1, -0.05) is 25.1 Å². The van der Waals surface area contributed by atoms with Crippen LogP contribution in [-0.2, 0) is 13.0 Å². The summed E-state index contributed by atoms with van der Waals surface area (Å²) in [7, 11) is 1.98. The molecule has 3 nitrogen and oxygen atoms in total. The molecule has 21 heavy (non-hydrogen) atoms. The summed E-state index contributed by atoms with van der Waals surface area (Å²) in [4.78, 5) is 6.92. The maximum absolute atomic E-state index is 4.46. The van der Waals surface area contributed by atoms with E-state index in [0.717, 1.165) is 25.2 Å². The summed E-state index contributed by atoms with van der Waals surface area (Å²) in [6.45, 7) is 6.30. The van der Waals surface area contributed by atoms with Gasteiger partial charge in [0, 0.05) is 41.9 Å². The van der Waals surface area contributed by atoms with Crippen molar-refractivity contribution in [3.8, 4) is 0 Å². The molecule has 0 radical (unpaired) electrons. The number of benzene rings is 1. The van der Waals surface area contributed by atoms with E-state index in [1.807, 2.05) is 13.2 Å². The Kier molecular flexibility index (Phi) is 3.93. The highest BCUT2D eigenvalue weighted by Crippen LogP contribution is 2.36. The number of hydrogen-bond donors (Lipinski definition) is 1. The molecule has 0 spiro atoms. The van der Waals surface area contributed by atoms with Gasteiger partial charge in [0.25, 0.3) is 0 Å². The minimum absolute atomic E-state index is 0.663. The van der Waals surface area contributed by atoms with E-state index in [1.54, 1.807) is 0 Å². The molecule has 0 bridgehead atoms. The van der Waals surface area contributed by atoms with Crippen molar-refractivity contribution in [2.75, 3.05) is 18.5 Å². The zero-order chi connectivity index (χ0) is 14.8. The van der Waals surface area contributed by atoms with Crippen LogP contribution in [0.15, 0.2) is 36.5 Å². The van der Waals surface area contributed by atoms with Gasteiger partial charge in [-0.15, -0.1) is 0 Å². The molecular weight excluding hydrogens is 258 g/mol. The van der Waals surface area contributed by atoms with Gasteiger partial charge < -0.3 is 10.2 Å². The normalized spacial score (nSPS) is 17.7. The number of pyridine rings is 1. The molecule has 1 aliphatic rings. The van der Waals surface area contributed by atoms with E-state index in [1.165, 1.54) is 22.5 Å². The fraction of sp³-hybridized carbons (Fsp3) is 0.389. The molecule has 1 aromatic carbocycles. The Balaban J connectivity index is 2.10. The molecule has 1 aliphatic heterocycles. The van der Waals surface area contributed by atoms with Crippen LogP contribution in [0, 0.1) is 12.8 Å². The fourth-order valence-corrected chi connectivity index (χ4v) is 3.18. The Hall–Kier alpha value is -1.87. The Morgan fingerprint density at radius 3 is 2.90 bits per heavy atom. The number of nitrogens with zero attached hydrogens (tertiary/aromatic N) is 2. The topological polar surface area (TPSA) is 28.2 Å². The van der Waals surface area contributed by atoms with E-state index in [9.17, 15) is 0 Å². The summed E-state index contributed by atoms with van der Waals surface area (Å²) in [5.74, 6) is 0.663. The SMILES string of the molecule is CNCc1cnc(C)cc1N1CC(C)Cc2ccccc21. The number of aromatic nitrogens is 1. The summed E-state index contributed by atoms with van der Waals surface area (Å²) in [6, 6.07) is 11.0. The van der Waals surface area contributed by atoms with Crippen LogP contribution in [0.3, 0.4) is 0 Å². The van der Waals surface area contributed by atoms with Gasteiger partial charge in [-0.2, -0.15) is 0 Å². The molecule has 3 heteroatoms. The van der Waals surface area contributed by atoms with Gasteiger partial charge in [-0.05, 0) is 44.0 Å². The lowest BCUT2D eigenvalue weighted by Gasteiger charge is -2.36. The minimum Gasteiger partial charge on any atom is -0.341 e. The zero-order valence-corrected chi connectivity index (χ0v) is 13.1. The van der Waals surface area contributed by atoms with Crippen molar-refractivity contribution < 1.29 is 0 Å². The minimum atomic E-state index is 0.663. The highest BCUT2D eigenvalue weighted by molar-refractivity contribution is 5.70. The molecule has 1 unspecified atom stereocenters. The summed E-state index contributed by atoms with van der Waals surface area (Å²) in [5, 5.41) is 3.25. The maximum Gasteiger partial charge on any atom is 0.0490 e. The molecule has 110 valence electrons. The van der Waals surface area contributed by atoms with E-state index in [0.29, 0.717) is 5.92 Å². The molecule has 3 rings (SSSR count). The second-order valence-electron chi connectivity index (χ2n) is 6.03. The van der Waals surface area contributed by atoms with Crippen LogP contribution >= 0.6 is 0 Å². The highest BCUT2D eigenvalue weighted by Gasteiger charge is 2.24. The largest absolute Gasteiger partial charge is 0.341 e. The lowest BCUT2D eigenvalue weighted by Crippen LogP contribution is -2.31. The third-order valence-corrected chi connectivity index (χ3v) is 4.10. The number of fused-ring (bicyclic) bond motifs is 1. The summed E-state index contributed by atoms with van der Waals surface area (Å²) < 4.78 is 0. The Morgan fingerprint density at radius 1 is 1.29 bits per heavy atom. The Bertz CT molecular complexity index is 636. The zero-order valence-electron chi connectivity index (χ0n) is 13.1. The maximum atomic E-state index is 4.46. The second-order valence-corrected chi connectivity index (χ2v) is 6.03. The molecular formula is C18H23N3. The fourth-order valence-electron chi connectivity index (χ4n) is 3.18. The predicted molar refractivity (Wildman–Crippen MR) is 88.1 cm³/mol. The first kappa shape index (κ1) is 14.1. The first-order valence-electron chi connectivity index (χ1n) is 7.64. The van der Waals surface area contributed by atoms with Crippen LogP contribution in [0.4, 0.5) is 11.4 Å². The van der Waals surface area contributed by atoms with Crippen molar-refractivity contribution in [2.45, 2.75) is 26.8 Å². The smallest absolute Gasteiger partial charge is 0.0490 e. The second kappa shape index (κ2) is 5.86. The molecule has 0 amide bonds. The Morgan fingerprint density at radius 2 is 2.10 bits per heavy atom. The number of aryl methyl sites for hydroxylation is 1. The van der Waals surface area contributed by atoms with Crippen molar-refractivity contribution in [3.05, 3.63) is 53.3 Å². The third kappa shape index (κ3) is 2.79. The lowest BCUT2D eigenvalue weighted by molar-refractivity contribution is 0.561. The average Bonchev–Trinajstić information content (AvgIpc) is 2.48. The van der Waals surface area contributed by atoms with Crippen molar-refractivity contribution >= 4 is 11.4 Å². The van der Waals surface area contributed by atoms with Gasteiger partial charge in [-0.25, -0.2) is 0 Å². The monoisotopic (exact) mass is 281 g/mol. The summed E-state index contributed by atoms with van der Waals surface area (Å²) in [6.07, 6.45) is 3.17. The Labute approximate surface area is 127 Å². The molecule has 2 heterocycles. The van der Waals surface area contributed by atoms with E-state index < -0.39 is 0 Å². The van der Waals surface area contributed by atoms with Gasteiger partial charge in [0.15, 0.2) is 0 Å². The third-order valence-electron chi connectivity index (χ3n) is 4.10. The summed E-state index contributed by atoms with van der Waals surface area (Å²) in [5.41, 5.74) is 6.41. The van der Waals surface area contributed by atoms with Gasteiger partial charge >= 0.3 is 0 Å². The number of para-hydroxylation sites is 1. The van der Waals surface area contributed by atoms with Crippen molar-refractivity contribution in [1.82, 2.24) is 10.3 Å². The standard InChI is InChI=1S/C18H23N3/c1-13-8-15-6-4-5-7-17(15)21(12-13)18-9-14(2)20-11-16(18)10-19-3/h4-7,9,11,13,19H,8,10,12H2,1-3H3. The van der Waals surface area contributed by atoms with Gasteiger partial charge in [0.2, 0.25) is 0 Å². The summed E-state index contributed by atoms with van der Waals surface area (Å²) >= 11 is 0. The number of nitrogens with one attached hydrogen (secondary N) is 1. The van der Waals surface area contributed by atoms with E-state index >= 15 is 0 Å². The number of anilines is 2. The van der Waals surface area contributed by atoms with Crippen LogP contribution in [0.2, 0.25) is 0 Å². The van der Waals surface area contributed by atoms with E-state index in [2.05, 4.69) is 59.4 Å². The molecule has 1 N–H and O–H groups in total. The molecule has 1 atom stereocenters. The molecule has 0 saturated carbocycles. The molecule has 2 aromatic rings. The van der Waals surface area contributed by atoms with Crippen molar-refractivity contribution in [1.29, 1.82) is 0 Å². The number of rotatable bonds is 3. The van der Waals surface area contributed by atoms with Gasteiger partial charge in [0.05, 0.1) is 0 Å². The highest BCUT2D eigenvalue weighted by atomic mass is 15.2. The predicted octanol–water partition coefficient (Wildman–Crippen LogP) is 3.44. The quantitative estimate of drug-likeness (QED) is 0.934. The van der Waals surface area contributed by atoms with Crippen molar-refractivity contribution in [3.63, 3.8) is 0 Å². The van der Waals surface area contributed by atoms with E-state index in [4.69, 9.17) is 0 Å². The first-order valence-corrected chi connectivity index (χ1v) is 7.64. The molecule has 0 fully saturated rings. The van der Waals surface area contributed by atoms with Crippen molar-refractivity contribution in [2.24, 2.45) is 5.92 Å². The van der Waals surface area contributed by atoms with Crippen LogP contribution in [0.1, 0.15) is 23.7 Å². The molecule has 0 aliphatic carbocycles. The average molecular weight is 281 g/mol. The van der Waals surface area contributed by atoms with Crippen LogP contribution < -0.4 is 10.2 Å². The van der Waals surface area contributed by atoms with Crippen LogP contribution in [-0.4, -0.2) is 18.6 Å². The van der Waals surface area contributed by atoms with Crippen LogP contribution in [0.5, 0.6) is 0 Å². The van der Waals surface area contributed by atoms with E-state index in [-0.39, 0.29) is 0 Å². The van der Waals surface area contributed by atoms with Gasteiger partial charge in [-0.3, -0.25) is 4.98 Å². The molecule has 1 aromatic heterocycles. The van der Waals surface area contributed by atoms with Gasteiger partial charge in [0.1, 0.15) is 0 Å². The van der Waals surface area contributed by atoms with Crippen LogP contribution in [0.25, 0.3) is 0 Å².